The van der Waals surface area contributed by atoms with Crippen molar-refractivity contribution in [1.29, 1.82) is 0 Å². The summed E-state index contributed by atoms with van der Waals surface area (Å²) in [7, 11) is -3.14. The molecule has 41 heavy (non-hydrogen) atoms. The summed E-state index contributed by atoms with van der Waals surface area (Å²) < 4.78 is 41.1. The van der Waals surface area contributed by atoms with Crippen LogP contribution in [0, 0.1) is 5.82 Å². The Morgan fingerprint density at radius 1 is 1.02 bits per heavy atom. The largest absolute Gasteiger partial charge is 0.370 e. The van der Waals surface area contributed by atoms with Gasteiger partial charge in [-0.25, -0.2) is 22.3 Å². The predicted octanol–water partition coefficient (Wildman–Crippen LogP) is 4.80. The number of rotatable bonds is 5. The molecule has 4 aromatic rings. The van der Waals surface area contributed by atoms with E-state index in [9.17, 15) is 13.2 Å². The van der Waals surface area contributed by atoms with E-state index < -0.39 is 20.9 Å². The molecule has 0 bridgehead atoms. The highest BCUT2D eigenvalue weighted by atomic mass is 32.2. The van der Waals surface area contributed by atoms with E-state index in [0.717, 1.165) is 25.0 Å². The number of amides is 1. The Kier molecular flexibility index (Phi) is 6.15. The normalized spacial score (nSPS) is 21.0. The van der Waals surface area contributed by atoms with Crippen LogP contribution in [0.2, 0.25) is 0 Å². The van der Waals surface area contributed by atoms with Crippen molar-refractivity contribution in [3.63, 3.8) is 0 Å². The van der Waals surface area contributed by atoms with Crippen molar-refractivity contribution in [2.75, 3.05) is 30.8 Å². The first kappa shape index (κ1) is 26.1. The Morgan fingerprint density at radius 2 is 1.83 bits per heavy atom. The average molecular weight is 574 g/mol. The maximum atomic E-state index is 15.5. The van der Waals surface area contributed by atoms with Gasteiger partial charge in [0.05, 0.1) is 17.0 Å². The molecule has 1 saturated carbocycles. The van der Waals surface area contributed by atoms with Gasteiger partial charge in [0.25, 0.3) is 5.91 Å². The second kappa shape index (κ2) is 9.65. The molecule has 4 heterocycles. The quantitative estimate of drug-likeness (QED) is 0.341. The smallest absolute Gasteiger partial charge is 0.273 e. The summed E-state index contributed by atoms with van der Waals surface area (Å²) in [5.74, 6) is -0.240. The summed E-state index contributed by atoms with van der Waals surface area (Å²) in [6, 6.07) is 16.8. The van der Waals surface area contributed by atoms with E-state index in [1.54, 1.807) is 16.6 Å². The molecule has 0 radical (unpaired) electrons. The Balaban J connectivity index is 1.20. The third kappa shape index (κ3) is 4.67. The highest BCUT2D eigenvalue weighted by molar-refractivity contribution is 7.91. The Bertz CT molecular complexity index is 1800. The van der Waals surface area contributed by atoms with E-state index >= 15 is 4.39 Å². The molecular formula is C31H32FN5O3S. The third-order valence-corrected chi connectivity index (χ3v) is 10.5. The van der Waals surface area contributed by atoms with Crippen molar-refractivity contribution in [2.24, 2.45) is 0 Å². The minimum atomic E-state index is -3.14. The van der Waals surface area contributed by atoms with E-state index in [2.05, 4.69) is 19.1 Å². The van der Waals surface area contributed by atoms with Crippen molar-refractivity contribution in [3.8, 4) is 11.3 Å². The monoisotopic (exact) mass is 573 g/mol. The minimum absolute atomic E-state index is 0.0498. The van der Waals surface area contributed by atoms with Gasteiger partial charge in [0.1, 0.15) is 11.5 Å². The maximum Gasteiger partial charge on any atom is 0.273 e. The number of sulfone groups is 1. The molecule has 1 saturated heterocycles. The first-order valence-corrected chi connectivity index (χ1v) is 16.2. The molecule has 0 spiro atoms. The van der Waals surface area contributed by atoms with Gasteiger partial charge in [-0.15, -0.1) is 0 Å². The molecular weight excluding hydrogens is 541 g/mol. The van der Waals surface area contributed by atoms with Gasteiger partial charge in [-0.1, -0.05) is 24.3 Å². The molecule has 2 aromatic heterocycles. The van der Waals surface area contributed by atoms with Crippen molar-refractivity contribution in [3.05, 3.63) is 82.9 Å². The Hall–Kier alpha value is -3.79. The van der Waals surface area contributed by atoms with Crippen molar-refractivity contribution < 1.29 is 17.6 Å². The van der Waals surface area contributed by atoms with Crippen LogP contribution in [-0.4, -0.2) is 65.0 Å². The lowest BCUT2D eigenvalue weighted by Crippen LogP contribution is -2.39. The molecule has 8 nitrogen and oxygen atoms in total. The van der Waals surface area contributed by atoms with Crippen LogP contribution in [0.25, 0.3) is 16.9 Å². The summed E-state index contributed by atoms with van der Waals surface area (Å²) in [6.07, 6.45) is 4.63. The number of aromatic nitrogens is 3. The molecule has 2 aliphatic heterocycles. The van der Waals surface area contributed by atoms with Gasteiger partial charge >= 0.3 is 0 Å². The zero-order chi connectivity index (χ0) is 28.5. The van der Waals surface area contributed by atoms with Gasteiger partial charge in [-0.05, 0) is 68.0 Å². The van der Waals surface area contributed by atoms with Crippen LogP contribution in [-0.2, 0) is 16.3 Å². The molecule has 2 aromatic carbocycles. The second-order valence-electron chi connectivity index (χ2n) is 11.6. The van der Waals surface area contributed by atoms with Crippen LogP contribution in [0.1, 0.15) is 65.5 Å². The molecule has 7 rings (SSSR count). The number of carbonyl (C=O) groups excluding carboxylic acids is 1. The third-order valence-electron chi connectivity index (χ3n) is 8.87. The van der Waals surface area contributed by atoms with Crippen molar-refractivity contribution >= 4 is 27.1 Å². The van der Waals surface area contributed by atoms with Gasteiger partial charge in [-0.3, -0.25) is 4.79 Å². The van der Waals surface area contributed by atoms with E-state index in [4.69, 9.17) is 10.1 Å². The average Bonchev–Trinajstić information content (AvgIpc) is 3.49. The molecule has 3 aliphatic rings. The summed E-state index contributed by atoms with van der Waals surface area (Å²) in [6.45, 7) is 3.62. The lowest BCUT2D eigenvalue weighted by molar-refractivity contribution is 0.0671. The molecule has 1 aliphatic carbocycles. The van der Waals surface area contributed by atoms with E-state index in [-0.39, 0.29) is 11.9 Å². The first-order chi connectivity index (χ1) is 19.7. The highest BCUT2D eigenvalue weighted by Crippen LogP contribution is 2.41. The molecule has 1 amide bonds. The van der Waals surface area contributed by atoms with Gasteiger partial charge in [-0.2, -0.15) is 5.10 Å². The van der Waals surface area contributed by atoms with Crippen LogP contribution in [0.3, 0.4) is 0 Å². The Labute approximate surface area is 238 Å². The fraction of sp³-hybridized carbons (Fsp3) is 0.387. The van der Waals surface area contributed by atoms with Crippen LogP contribution in [0.5, 0.6) is 0 Å². The molecule has 2 fully saturated rings. The van der Waals surface area contributed by atoms with Crippen molar-refractivity contribution in [1.82, 2.24) is 19.5 Å². The van der Waals surface area contributed by atoms with E-state index in [1.165, 1.54) is 23.4 Å². The lowest BCUT2D eigenvalue weighted by atomic mass is 9.93. The summed E-state index contributed by atoms with van der Waals surface area (Å²) >= 11 is 0. The van der Waals surface area contributed by atoms with E-state index in [1.807, 2.05) is 34.1 Å². The molecule has 2 atom stereocenters. The van der Waals surface area contributed by atoms with Crippen LogP contribution >= 0.6 is 0 Å². The van der Waals surface area contributed by atoms with Gasteiger partial charge < -0.3 is 9.80 Å². The molecule has 0 N–H and O–H groups in total. The second-order valence-corrected chi connectivity index (χ2v) is 13.9. The standard InChI is InChI=1S/C31H32FN5O3S/c1-19-24-6-4-3-5-20(24)11-14-36(19)31(38)28-16-29(21-7-8-21)37-30(33-28)17-27(34-37)25-10-9-22(15-26(25)32)35-13-12-23(18-35)41(2,39)40/h3-6,9-10,15-17,19,21,23H,7-8,11-14,18H2,1-2H3/t19-,23?/m1/s1. The number of hydrogen-bond acceptors (Lipinski definition) is 6. The molecule has 1 unspecified atom stereocenters. The predicted molar refractivity (Wildman–Crippen MR) is 155 cm³/mol. The summed E-state index contributed by atoms with van der Waals surface area (Å²) in [5, 5.41) is 4.30. The summed E-state index contributed by atoms with van der Waals surface area (Å²) in [5.41, 5.74) is 5.73. The highest BCUT2D eigenvalue weighted by Gasteiger charge is 2.33. The zero-order valence-corrected chi connectivity index (χ0v) is 23.9. The summed E-state index contributed by atoms with van der Waals surface area (Å²) in [4.78, 5) is 22.3. The zero-order valence-electron chi connectivity index (χ0n) is 23.1. The number of fused-ring (bicyclic) bond motifs is 2. The van der Waals surface area contributed by atoms with Gasteiger partial charge in [0.2, 0.25) is 0 Å². The maximum absolute atomic E-state index is 15.5. The number of carbonyl (C=O) groups is 1. The molecule has 10 heteroatoms. The topological polar surface area (TPSA) is 87.9 Å². The number of nitrogens with zero attached hydrogens (tertiary/aromatic N) is 5. The van der Waals surface area contributed by atoms with E-state index in [0.29, 0.717) is 60.3 Å². The number of anilines is 1. The number of benzene rings is 2. The van der Waals surface area contributed by atoms with Gasteiger partial charge in [0.15, 0.2) is 15.5 Å². The SMILES string of the molecule is C[C@@H]1c2ccccc2CCN1C(=O)c1cc(C2CC2)n2nc(-c3ccc(N4CCC(S(C)(=O)=O)C4)cc3F)cc2n1. The molecule has 212 valence electrons. The minimum Gasteiger partial charge on any atom is -0.370 e. The van der Waals surface area contributed by atoms with Crippen LogP contribution in [0.4, 0.5) is 10.1 Å². The van der Waals surface area contributed by atoms with Gasteiger partial charge in [0, 0.05) is 54.8 Å². The first-order valence-electron chi connectivity index (χ1n) is 14.2. The Morgan fingerprint density at radius 3 is 2.56 bits per heavy atom. The fourth-order valence-electron chi connectivity index (χ4n) is 6.33. The van der Waals surface area contributed by atoms with Crippen LogP contribution < -0.4 is 4.90 Å². The van der Waals surface area contributed by atoms with Crippen LogP contribution in [0.15, 0.2) is 54.6 Å². The number of hydrogen-bond donors (Lipinski definition) is 0. The lowest BCUT2D eigenvalue weighted by Gasteiger charge is -2.35. The fourth-order valence-corrected chi connectivity index (χ4v) is 7.31. The van der Waals surface area contributed by atoms with Crippen molar-refractivity contribution in [2.45, 2.75) is 49.8 Å². The number of halogens is 1.